The van der Waals surface area contributed by atoms with Crippen LogP contribution in [0.3, 0.4) is 0 Å². The normalized spacial score (nSPS) is 19.6. The van der Waals surface area contributed by atoms with Gasteiger partial charge in [0.2, 0.25) is 0 Å². The number of anilines is 1. The van der Waals surface area contributed by atoms with Crippen LogP contribution in [0.15, 0.2) is 54.6 Å². The summed E-state index contributed by atoms with van der Waals surface area (Å²) in [6.07, 6.45) is 5.26. The van der Waals surface area contributed by atoms with E-state index in [0.717, 1.165) is 24.0 Å². The van der Waals surface area contributed by atoms with E-state index in [-0.39, 0.29) is 0 Å². The molecule has 2 aromatic carbocycles. The fraction of sp³-hybridized carbons (Fsp3) is 0.520. The molecule has 0 bridgehead atoms. The van der Waals surface area contributed by atoms with E-state index < -0.39 is 0 Å². The standard InChI is InChI=1S/C25H34ClN3/c26-24-7-9-25(10-8-24)29-19-17-28(18-20-29)14-4-13-27-15-11-23(12-16-27)21-22-5-2-1-3-6-22/h1-3,5-10,23H,4,11-21H2. The topological polar surface area (TPSA) is 9.72 Å². The fourth-order valence-electron chi connectivity index (χ4n) is 4.76. The summed E-state index contributed by atoms with van der Waals surface area (Å²) in [4.78, 5) is 7.80. The maximum absolute atomic E-state index is 6.01. The van der Waals surface area contributed by atoms with E-state index in [9.17, 15) is 0 Å². The van der Waals surface area contributed by atoms with Gasteiger partial charge in [0.25, 0.3) is 0 Å². The minimum absolute atomic E-state index is 0.816. The third kappa shape index (κ3) is 6.21. The Morgan fingerprint density at radius 2 is 1.34 bits per heavy atom. The van der Waals surface area contributed by atoms with Gasteiger partial charge in [0.05, 0.1) is 0 Å². The second-order valence-electron chi connectivity index (χ2n) is 8.63. The molecule has 4 heteroatoms. The smallest absolute Gasteiger partial charge is 0.0407 e. The molecule has 4 rings (SSSR count). The van der Waals surface area contributed by atoms with Gasteiger partial charge in [0, 0.05) is 36.9 Å². The lowest BCUT2D eigenvalue weighted by atomic mass is 9.90. The van der Waals surface area contributed by atoms with Crippen LogP contribution in [0.4, 0.5) is 5.69 Å². The Bertz CT molecular complexity index is 717. The minimum atomic E-state index is 0.816. The van der Waals surface area contributed by atoms with E-state index in [0.29, 0.717) is 0 Å². The third-order valence-electron chi connectivity index (χ3n) is 6.59. The molecule has 2 saturated heterocycles. The van der Waals surface area contributed by atoms with Gasteiger partial charge in [-0.1, -0.05) is 41.9 Å². The number of piperazine rings is 1. The van der Waals surface area contributed by atoms with Crippen LogP contribution >= 0.6 is 11.6 Å². The SMILES string of the molecule is Clc1ccc(N2CCN(CCCN3CCC(Cc4ccccc4)CC3)CC2)cc1. The Balaban J connectivity index is 1.10. The van der Waals surface area contributed by atoms with Crippen LogP contribution in [0.5, 0.6) is 0 Å². The first-order chi connectivity index (χ1) is 14.3. The van der Waals surface area contributed by atoms with Crippen LogP contribution in [-0.2, 0) is 6.42 Å². The van der Waals surface area contributed by atoms with E-state index in [2.05, 4.69) is 57.2 Å². The third-order valence-corrected chi connectivity index (χ3v) is 6.84. The van der Waals surface area contributed by atoms with Crippen LogP contribution in [0.2, 0.25) is 5.02 Å². The lowest BCUT2D eigenvalue weighted by Crippen LogP contribution is -2.47. The minimum Gasteiger partial charge on any atom is -0.369 e. The van der Waals surface area contributed by atoms with Gasteiger partial charge < -0.3 is 9.80 Å². The highest BCUT2D eigenvalue weighted by molar-refractivity contribution is 6.30. The van der Waals surface area contributed by atoms with Crippen LogP contribution < -0.4 is 4.90 Å². The summed E-state index contributed by atoms with van der Waals surface area (Å²) in [5, 5.41) is 0.816. The van der Waals surface area contributed by atoms with Gasteiger partial charge in [0.1, 0.15) is 0 Å². The zero-order chi connectivity index (χ0) is 19.9. The molecular formula is C25H34ClN3. The molecule has 2 aromatic rings. The largest absolute Gasteiger partial charge is 0.369 e. The molecule has 0 spiro atoms. The number of piperidine rings is 1. The molecular weight excluding hydrogens is 378 g/mol. The number of rotatable bonds is 7. The average Bonchev–Trinajstić information content (AvgIpc) is 2.77. The molecule has 0 saturated carbocycles. The second kappa shape index (κ2) is 10.5. The summed E-state index contributed by atoms with van der Waals surface area (Å²) in [6.45, 7) is 9.63. The summed E-state index contributed by atoms with van der Waals surface area (Å²) in [7, 11) is 0. The average molecular weight is 412 g/mol. The molecule has 0 aliphatic carbocycles. The highest BCUT2D eigenvalue weighted by Gasteiger charge is 2.20. The fourth-order valence-corrected chi connectivity index (χ4v) is 4.89. The van der Waals surface area contributed by atoms with Crippen LogP contribution in [0.25, 0.3) is 0 Å². The molecule has 2 aliphatic rings. The van der Waals surface area contributed by atoms with Crippen molar-refractivity contribution in [3.63, 3.8) is 0 Å². The number of hydrogen-bond donors (Lipinski definition) is 0. The summed E-state index contributed by atoms with van der Waals surface area (Å²) in [6, 6.07) is 19.3. The Kier molecular flexibility index (Phi) is 7.48. The predicted octanol–water partition coefficient (Wildman–Crippen LogP) is 4.81. The first kappa shape index (κ1) is 20.7. The van der Waals surface area contributed by atoms with Crippen molar-refractivity contribution in [3.05, 3.63) is 65.2 Å². The van der Waals surface area contributed by atoms with Crippen molar-refractivity contribution in [3.8, 4) is 0 Å². The molecule has 0 radical (unpaired) electrons. The Labute approximate surface area is 181 Å². The monoisotopic (exact) mass is 411 g/mol. The van der Waals surface area contributed by atoms with Crippen molar-refractivity contribution < 1.29 is 0 Å². The molecule has 0 aromatic heterocycles. The Hall–Kier alpha value is -1.55. The summed E-state index contributed by atoms with van der Waals surface area (Å²) < 4.78 is 0. The molecule has 0 amide bonds. The van der Waals surface area contributed by atoms with Crippen molar-refractivity contribution >= 4 is 17.3 Å². The number of halogens is 1. The van der Waals surface area contributed by atoms with Crippen LogP contribution in [-0.4, -0.2) is 62.2 Å². The van der Waals surface area contributed by atoms with Crippen molar-refractivity contribution in [1.82, 2.24) is 9.80 Å². The predicted molar refractivity (Wildman–Crippen MR) is 124 cm³/mol. The van der Waals surface area contributed by atoms with Gasteiger partial charge in [-0.25, -0.2) is 0 Å². The van der Waals surface area contributed by atoms with Gasteiger partial charge in [-0.3, -0.25) is 4.90 Å². The molecule has 0 N–H and O–H groups in total. The summed E-state index contributed by atoms with van der Waals surface area (Å²) in [5.74, 6) is 0.870. The molecule has 156 valence electrons. The second-order valence-corrected chi connectivity index (χ2v) is 9.07. The maximum Gasteiger partial charge on any atom is 0.0407 e. The lowest BCUT2D eigenvalue weighted by molar-refractivity contribution is 0.169. The number of hydrogen-bond acceptors (Lipinski definition) is 3. The van der Waals surface area contributed by atoms with Gasteiger partial charge in [-0.15, -0.1) is 0 Å². The quantitative estimate of drug-likeness (QED) is 0.647. The van der Waals surface area contributed by atoms with Crippen molar-refractivity contribution in [2.24, 2.45) is 5.92 Å². The van der Waals surface area contributed by atoms with Gasteiger partial charge in [0.15, 0.2) is 0 Å². The van der Waals surface area contributed by atoms with Gasteiger partial charge in [-0.05, 0) is 87.6 Å². The van der Waals surface area contributed by atoms with Crippen molar-refractivity contribution in [1.29, 1.82) is 0 Å². The Morgan fingerprint density at radius 1 is 0.724 bits per heavy atom. The van der Waals surface area contributed by atoms with Crippen LogP contribution in [0, 0.1) is 5.92 Å². The number of nitrogens with zero attached hydrogens (tertiary/aromatic N) is 3. The molecule has 3 nitrogen and oxygen atoms in total. The van der Waals surface area contributed by atoms with Crippen LogP contribution in [0.1, 0.15) is 24.8 Å². The van der Waals surface area contributed by atoms with E-state index in [1.807, 2.05) is 12.1 Å². The molecule has 2 aliphatic heterocycles. The van der Waals surface area contributed by atoms with E-state index in [4.69, 9.17) is 11.6 Å². The summed E-state index contributed by atoms with van der Waals surface area (Å²) >= 11 is 6.01. The lowest BCUT2D eigenvalue weighted by Gasteiger charge is -2.37. The molecule has 0 unspecified atom stereocenters. The highest BCUT2D eigenvalue weighted by atomic mass is 35.5. The van der Waals surface area contributed by atoms with Gasteiger partial charge >= 0.3 is 0 Å². The number of likely N-dealkylation sites (tertiary alicyclic amines) is 1. The maximum atomic E-state index is 6.01. The molecule has 2 heterocycles. The molecule has 0 atom stereocenters. The number of benzene rings is 2. The van der Waals surface area contributed by atoms with E-state index in [1.165, 1.54) is 76.2 Å². The highest BCUT2D eigenvalue weighted by Crippen LogP contribution is 2.22. The zero-order valence-corrected chi connectivity index (χ0v) is 18.2. The molecule has 29 heavy (non-hydrogen) atoms. The van der Waals surface area contributed by atoms with Crippen molar-refractivity contribution in [2.75, 3.05) is 57.3 Å². The van der Waals surface area contributed by atoms with Crippen molar-refractivity contribution in [2.45, 2.75) is 25.7 Å². The first-order valence-corrected chi connectivity index (χ1v) is 11.6. The van der Waals surface area contributed by atoms with E-state index >= 15 is 0 Å². The van der Waals surface area contributed by atoms with Gasteiger partial charge in [-0.2, -0.15) is 0 Å². The first-order valence-electron chi connectivity index (χ1n) is 11.3. The summed E-state index contributed by atoms with van der Waals surface area (Å²) in [5.41, 5.74) is 2.80. The van der Waals surface area contributed by atoms with E-state index in [1.54, 1.807) is 0 Å². The molecule has 2 fully saturated rings. The zero-order valence-electron chi connectivity index (χ0n) is 17.5. The Morgan fingerprint density at radius 3 is 2.00 bits per heavy atom.